The monoisotopic (exact) mass is 1260 g/mol. The number of thioether (sulfide) groups is 1. The van der Waals surface area contributed by atoms with E-state index in [1.165, 1.54) is 67.2 Å². The molecule has 6 aromatic rings. The van der Waals surface area contributed by atoms with Crippen molar-refractivity contribution in [2.45, 2.75) is 125 Å². The minimum atomic E-state index is -1.94. The van der Waals surface area contributed by atoms with Crippen LogP contribution in [0, 0.1) is 0 Å². The lowest BCUT2D eigenvalue weighted by atomic mass is 9.94. The molecule has 0 saturated carbocycles. The number of nitrogens with one attached hydrogen (secondary N) is 1. The van der Waals surface area contributed by atoms with Crippen molar-refractivity contribution in [2.24, 2.45) is 10.2 Å². The fraction of sp³-hybridized carbons (Fsp3) is 0.354. The molecule has 26 heteroatoms. The van der Waals surface area contributed by atoms with E-state index in [1.807, 2.05) is 37.3 Å². The van der Waals surface area contributed by atoms with E-state index in [0.29, 0.717) is 11.3 Å². The fourth-order valence-electron chi connectivity index (χ4n) is 10.4. The first kappa shape index (κ1) is 66.1. The third kappa shape index (κ3) is 17.8. The van der Waals surface area contributed by atoms with Crippen molar-refractivity contribution in [2.75, 3.05) is 19.0 Å². The molecule has 474 valence electrons. The number of rotatable bonds is 26. The van der Waals surface area contributed by atoms with Gasteiger partial charge in [-0.2, -0.15) is 0 Å². The molecule has 0 spiro atoms. The summed E-state index contributed by atoms with van der Waals surface area (Å²) in [6, 6.07) is 45.1. The number of esters is 5. The molecule has 3 saturated heterocycles. The minimum absolute atomic E-state index is 0.0307. The zero-order valence-electron chi connectivity index (χ0n) is 49.5. The Balaban J connectivity index is 1.15. The molecule has 0 radical (unpaired) electrons. The number of carbonyl (C=O) groups is 6. The molecule has 9 rings (SSSR count). The second-order valence-corrected chi connectivity index (χ2v) is 22.2. The Hall–Kier alpha value is -9.33. The highest BCUT2D eigenvalue weighted by molar-refractivity contribution is 7.99. The number of nitrogens with zero attached hydrogens (tertiary/aromatic N) is 6. The number of azide groups is 2. The van der Waals surface area contributed by atoms with Crippen LogP contribution in [0.3, 0.4) is 0 Å². The van der Waals surface area contributed by atoms with Gasteiger partial charge in [-0.3, -0.25) is 4.79 Å². The predicted octanol–water partition coefficient (Wildman–Crippen LogP) is 10.0. The molecule has 15 atom stereocenters. The van der Waals surface area contributed by atoms with Crippen molar-refractivity contribution in [3.05, 3.63) is 236 Å². The van der Waals surface area contributed by atoms with Crippen molar-refractivity contribution in [3.63, 3.8) is 0 Å². The largest absolute Gasteiger partial charge is 0.460 e. The van der Waals surface area contributed by atoms with Crippen LogP contribution in [0.2, 0.25) is 0 Å². The van der Waals surface area contributed by atoms with E-state index < -0.39 is 134 Å². The number of alkyl carbamates (subject to hydrolysis) is 1. The van der Waals surface area contributed by atoms with Gasteiger partial charge >= 0.3 is 35.9 Å². The third-order valence-electron chi connectivity index (χ3n) is 14.6. The number of carbonyl (C=O) groups excluding carboxylic acids is 6. The Morgan fingerprint density at radius 3 is 1.58 bits per heavy atom. The van der Waals surface area contributed by atoms with E-state index >= 15 is 0 Å². The highest BCUT2D eigenvalue weighted by Crippen LogP contribution is 2.41. The van der Waals surface area contributed by atoms with E-state index in [4.69, 9.17) is 56.8 Å². The molecule has 1 unspecified atom stereocenters. The first-order valence-corrected chi connectivity index (χ1v) is 30.1. The molecule has 3 aliphatic rings. The molecule has 3 heterocycles. The Morgan fingerprint density at radius 2 is 1.04 bits per heavy atom. The Kier molecular flexibility index (Phi) is 23.9. The molecule has 1 amide bonds. The number of hydrogen-bond acceptors (Lipinski definition) is 21. The molecular formula is C65H65N7O18S. The first-order valence-electron chi connectivity index (χ1n) is 29.1. The highest BCUT2D eigenvalue weighted by atomic mass is 32.2. The maximum Gasteiger partial charge on any atom is 0.407 e. The van der Waals surface area contributed by atoms with Crippen LogP contribution in [0.15, 0.2) is 192 Å². The van der Waals surface area contributed by atoms with Gasteiger partial charge < -0.3 is 62.2 Å². The SMILES string of the molecule is CCSC1O[C@H](COCc2ccccc2)[C@H](O[C@H]2O[C@H](C)[C@H](NC(=O)OCc3ccccc3)[C@H](OC(C)=O)[C@H]2N=[N+]=[N-])[C@H](O[C@@H]2O[C@@H]([C@@H](COC(=O)c3ccccc3)OC(=O)c3ccccc3)[C@H](OC(=O)c3ccccc3)[C@H]2OC(=O)c2ccccc2)[C@H]1N=[N+]=[N-]. The summed E-state index contributed by atoms with van der Waals surface area (Å²) in [5, 5.41) is 10.9. The topological polar surface area (TPSA) is 323 Å². The molecular weight excluding hydrogens is 1200 g/mol. The maximum absolute atomic E-state index is 14.6. The van der Waals surface area contributed by atoms with E-state index in [2.05, 4.69) is 25.4 Å². The average Bonchev–Trinajstić information content (AvgIpc) is 1.77. The normalized spacial score (nSPS) is 25.4. The zero-order chi connectivity index (χ0) is 64.1. The lowest BCUT2D eigenvalue weighted by Crippen LogP contribution is -2.66. The first-order chi connectivity index (χ1) is 44.3. The third-order valence-corrected chi connectivity index (χ3v) is 15.7. The molecule has 0 aliphatic carbocycles. The van der Waals surface area contributed by atoms with Gasteiger partial charge in [0.25, 0.3) is 0 Å². The number of ether oxygens (including phenoxy) is 12. The summed E-state index contributed by atoms with van der Waals surface area (Å²) in [5.41, 5.74) is 21.3. The van der Waals surface area contributed by atoms with Crippen LogP contribution in [-0.4, -0.2) is 146 Å². The second-order valence-electron chi connectivity index (χ2n) is 20.8. The van der Waals surface area contributed by atoms with Gasteiger partial charge in [0.15, 0.2) is 30.9 Å². The quantitative estimate of drug-likeness (QED) is 0.0173. The van der Waals surface area contributed by atoms with E-state index in [-0.39, 0.29) is 42.1 Å². The molecule has 0 aromatic heterocycles. The summed E-state index contributed by atoms with van der Waals surface area (Å²) in [5.74, 6) is -4.16. The highest BCUT2D eigenvalue weighted by Gasteiger charge is 2.59. The van der Waals surface area contributed by atoms with Crippen molar-refractivity contribution < 1.29 is 85.6 Å². The standard InChI is InChI=1S/C65H65N7O18S/c1-4-91-64-51(70-72-67)55(52(47(85-64)37-79-35-41-23-11-5-12-24-41)88-62-50(69-71-66)54(83-40(3)73)49(39(2)82-62)68-65(78)81-36-42-25-13-6-14-26-42)90-63-57(87-61(77)46-33-21-10-22-34-46)56(86-60(76)45-31-19-9-20-32-45)53(89-63)48(84-59(75)44-29-17-8-18-30-44)38-80-58(74)43-27-15-7-16-28-43/h5-34,39,47-57,62-64H,4,35-38H2,1-3H3,(H,68,78)/t39-,47-,48-,49+,50-,51-,52+,53+,54+,55-,56+,57-,62-,63+,64?/m1/s1. The van der Waals surface area contributed by atoms with Crippen LogP contribution in [-0.2, 0) is 74.9 Å². The van der Waals surface area contributed by atoms with Crippen LogP contribution < -0.4 is 5.32 Å². The van der Waals surface area contributed by atoms with E-state index in [0.717, 1.165) is 12.5 Å². The Labute approximate surface area is 527 Å². The maximum atomic E-state index is 14.6. The Bertz CT molecular complexity index is 3470. The molecule has 6 aromatic carbocycles. The van der Waals surface area contributed by atoms with Crippen LogP contribution in [0.25, 0.3) is 20.9 Å². The van der Waals surface area contributed by atoms with Crippen molar-refractivity contribution in [1.82, 2.24) is 5.32 Å². The number of benzene rings is 6. The van der Waals surface area contributed by atoms with Gasteiger partial charge in [-0.1, -0.05) is 151 Å². The average molecular weight is 1260 g/mol. The van der Waals surface area contributed by atoms with Gasteiger partial charge in [-0.15, -0.1) is 11.8 Å². The summed E-state index contributed by atoms with van der Waals surface area (Å²) in [6.07, 6.45) is -18.8. The minimum Gasteiger partial charge on any atom is -0.460 e. The molecule has 1 N–H and O–H groups in total. The lowest BCUT2D eigenvalue weighted by Gasteiger charge is -2.49. The van der Waals surface area contributed by atoms with Crippen LogP contribution in [0.1, 0.15) is 73.3 Å². The van der Waals surface area contributed by atoms with Gasteiger partial charge in [0, 0.05) is 16.7 Å². The van der Waals surface area contributed by atoms with Gasteiger partial charge in [0.2, 0.25) is 0 Å². The molecule has 25 nitrogen and oxygen atoms in total. The van der Waals surface area contributed by atoms with Gasteiger partial charge in [-0.05, 0) is 83.4 Å². The second kappa shape index (κ2) is 32.9. The Morgan fingerprint density at radius 1 is 0.549 bits per heavy atom. The summed E-state index contributed by atoms with van der Waals surface area (Å²) in [4.78, 5) is 90.1. The zero-order valence-corrected chi connectivity index (χ0v) is 50.3. The summed E-state index contributed by atoms with van der Waals surface area (Å²) in [7, 11) is 0. The van der Waals surface area contributed by atoms with Crippen molar-refractivity contribution >= 4 is 47.7 Å². The van der Waals surface area contributed by atoms with E-state index in [9.17, 15) is 39.8 Å². The van der Waals surface area contributed by atoms with Crippen LogP contribution >= 0.6 is 11.8 Å². The van der Waals surface area contributed by atoms with Crippen LogP contribution in [0.4, 0.5) is 4.79 Å². The summed E-state index contributed by atoms with van der Waals surface area (Å²) >= 11 is 1.21. The molecule has 0 bridgehead atoms. The number of hydrogen-bond donors (Lipinski definition) is 1. The molecule has 3 aliphatic heterocycles. The van der Waals surface area contributed by atoms with Gasteiger partial charge in [0.05, 0.1) is 47.6 Å². The summed E-state index contributed by atoms with van der Waals surface area (Å²) in [6.45, 7) is 3.36. The fourth-order valence-corrected chi connectivity index (χ4v) is 11.3. The molecule has 91 heavy (non-hydrogen) atoms. The van der Waals surface area contributed by atoms with Gasteiger partial charge in [-0.25, -0.2) is 24.0 Å². The smallest absolute Gasteiger partial charge is 0.407 e. The number of amides is 1. The lowest BCUT2D eigenvalue weighted by molar-refractivity contribution is -0.313. The van der Waals surface area contributed by atoms with Crippen LogP contribution in [0.5, 0.6) is 0 Å². The molecule has 3 fully saturated rings. The predicted molar refractivity (Wildman–Crippen MR) is 324 cm³/mol. The van der Waals surface area contributed by atoms with Crippen molar-refractivity contribution in [1.29, 1.82) is 0 Å². The van der Waals surface area contributed by atoms with Crippen molar-refractivity contribution in [3.8, 4) is 0 Å². The van der Waals surface area contributed by atoms with E-state index in [1.54, 1.807) is 103 Å². The summed E-state index contributed by atoms with van der Waals surface area (Å²) < 4.78 is 76.8. The van der Waals surface area contributed by atoms with Gasteiger partial charge in [0.1, 0.15) is 61.3 Å².